The monoisotopic (exact) mass is 468 g/mol. The molecule has 3 aromatic rings. The van der Waals surface area contributed by atoms with Gasteiger partial charge in [0, 0.05) is 23.9 Å². The lowest BCUT2D eigenvalue weighted by Gasteiger charge is -2.34. The van der Waals surface area contributed by atoms with Crippen LogP contribution in [0, 0.1) is 5.82 Å². The Morgan fingerprint density at radius 1 is 1.12 bits per heavy atom. The number of benzene rings is 2. The zero-order valence-electron chi connectivity index (χ0n) is 18.2. The van der Waals surface area contributed by atoms with Gasteiger partial charge in [0.25, 0.3) is 0 Å². The number of ether oxygens (including phenoxy) is 1. The lowest BCUT2D eigenvalue weighted by molar-refractivity contribution is 0.0985. The van der Waals surface area contributed by atoms with Gasteiger partial charge in [0.1, 0.15) is 16.4 Å². The highest BCUT2D eigenvalue weighted by atomic mass is 32.2. The lowest BCUT2D eigenvalue weighted by Crippen LogP contribution is -2.44. The number of halogens is 1. The van der Waals surface area contributed by atoms with Crippen LogP contribution in [0.1, 0.15) is 25.5 Å². The number of sulfone groups is 1. The second-order valence-electron chi connectivity index (χ2n) is 8.63. The Hall–Kier alpha value is -3.04. The molecular formula is C24H25FN4O3S. The average molecular weight is 469 g/mol. The average Bonchev–Trinajstić information content (AvgIpc) is 3.62. The molecule has 1 aliphatic heterocycles. The van der Waals surface area contributed by atoms with E-state index < -0.39 is 20.4 Å². The molecule has 1 atom stereocenters. The maximum atomic E-state index is 13.9. The summed E-state index contributed by atoms with van der Waals surface area (Å²) in [5.74, 6) is 0.505. The maximum absolute atomic E-state index is 13.9. The minimum atomic E-state index is -3.86. The molecule has 2 heterocycles. The Morgan fingerprint density at radius 2 is 1.88 bits per heavy atom. The van der Waals surface area contributed by atoms with E-state index in [0.29, 0.717) is 55.6 Å². The molecule has 9 heteroatoms. The van der Waals surface area contributed by atoms with E-state index in [-0.39, 0.29) is 10.9 Å². The number of morpholine rings is 1. The second kappa shape index (κ2) is 8.07. The molecule has 0 unspecified atom stereocenters. The van der Waals surface area contributed by atoms with Gasteiger partial charge in [-0.15, -0.1) is 0 Å². The van der Waals surface area contributed by atoms with Crippen molar-refractivity contribution in [1.82, 2.24) is 9.97 Å². The molecule has 0 spiro atoms. The minimum absolute atomic E-state index is 0.0334. The molecule has 2 aromatic carbocycles. The van der Waals surface area contributed by atoms with Crippen LogP contribution in [-0.4, -0.2) is 44.2 Å². The Balaban J connectivity index is 1.65. The number of nitrogens with zero attached hydrogens (tertiary/aromatic N) is 3. The summed E-state index contributed by atoms with van der Waals surface area (Å²) in [6, 6.07) is 14.2. The molecule has 1 aromatic heterocycles. The molecule has 2 N–H and O–H groups in total. The highest BCUT2D eigenvalue weighted by molar-refractivity contribution is 7.92. The number of anilines is 2. The normalized spacial score (nSPS) is 19.9. The predicted octanol–water partition coefficient (Wildman–Crippen LogP) is 3.55. The summed E-state index contributed by atoms with van der Waals surface area (Å²) in [5.41, 5.74) is 7.63. The van der Waals surface area contributed by atoms with Crippen molar-refractivity contribution in [3.05, 3.63) is 66.1 Å². The molecule has 0 amide bonds. The summed E-state index contributed by atoms with van der Waals surface area (Å²) >= 11 is 0. The molecule has 7 nitrogen and oxygen atoms in total. The standard InChI is InChI=1S/C24H25FN4O3S/c1-16-15-32-12-11-29(16)22-14-21(27-23(28-22)17-5-7-19(26)8-6-17)24(9-10-24)33(30,31)20-4-2-3-18(25)13-20/h2-8,13-14,16H,9-12,15,26H2,1H3/t16-/m0/s1. The SMILES string of the molecule is C[C@H]1COCCN1c1cc(C2(S(=O)(=O)c3cccc(F)c3)CC2)nc(-c2ccc(N)cc2)n1. The lowest BCUT2D eigenvalue weighted by atomic mass is 10.1. The van der Waals surface area contributed by atoms with Gasteiger partial charge in [0.05, 0.1) is 29.8 Å². The third kappa shape index (κ3) is 3.85. The molecule has 2 fully saturated rings. The summed E-state index contributed by atoms with van der Waals surface area (Å²) in [7, 11) is -3.86. The molecule has 2 aliphatic rings. The maximum Gasteiger partial charge on any atom is 0.189 e. The van der Waals surface area contributed by atoms with E-state index in [4.69, 9.17) is 20.4 Å². The van der Waals surface area contributed by atoms with Crippen molar-refractivity contribution in [3.8, 4) is 11.4 Å². The largest absolute Gasteiger partial charge is 0.399 e. The second-order valence-corrected chi connectivity index (χ2v) is 10.9. The van der Waals surface area contributed by atoms with Crippen molar-refractivity contribution in [2.24, 2.45) is 0 Å². The van der Waals surface area contributed by atoms with Gasteiger partial charge in [-0.05, 0) is 62.2 Å². The topological polar surface area (TPSA) is 98.4 Å². The van der Waals surface area contributed by atoms with E-state index in [1.807, 2.05) is 19.1 Å². The quantitative estimate of drug-likeness (QED) is 0.572. The highest BCUT2D eigenvalue weighted by Gasteiger charge is 2.58. The minimum Gasteiger partial charge on any atom is -0.399 e. The van der Waals surface area contributed by atoms with Gasteiger partial charge in [-0.2, -0.15) is 0 Å². The van der Waals surface area contributed by atoms with Crippen LogP contribution in [-0.2, 0) is 19.3 Å². The summed E-state index contributed by atoms with van der Waals surface area (Å²) in [4.78, 5) is 11.6. The molecule has 1 saturated heterocycles. The smallest absolute Gasteiger partial charge is 0.189 e. The zero-order valence-corrected chi connectivity index (χ0v) is 19.1. The van der Waals surface area contributed by atoms with Gasteiger partial charge in [0.2, 0.25) is 0 Å². The molecule has 1 saturated carbocycles. The first-order chi connectivity index (χ1) is 15.8. The first-order valence-electron chi connectivity index (χ1n) is 10.9. The number of rotatable bonds is 5. The van der Waals surface area contributed by atoms with Crippen LogP contribution < -0.4 is 10.6 Å². The number of hydrogen-bond donors (Lipinski definition) is 1. The van der Waals surface area contributed by atoms with Crippen LogP contribution in [0.25, 0.3) is 11.4 Å². The van der Waals surface area contributed by atoms with E-state index >= 15 is 0 Å². The number of aromatic nitrogens is 2. The van der Waals surface area contributed by atoms with Gasteiger partial charge in [-0.25, -0.2) is 22.8 Å². The van der Waals surface area contributed by atoms with E-state index in [1.165, 1.54) is 18.2 Å². The van der Waals surface area contributed by atoms with Crippen LogP contribution in [0.4, 0.5) is 15.9 Å². The van der Waals surface area contributed by atoms with Crippen molar-refractivity contribution in [2.75, 3.05) is 30.4 Å². The Labute approximate surface area is 192 Å². The number of nitrogen functional groups attached to an aromatic ring is 1. The van der Waals surface area contributed by atoms with Gasteiger partial charge < -0.3 is 15.4 Å². The van der Waals surface area contributed by atoms with E-state index in [9.17, 15) is 12.8 Å². The summed E-state index contributed by atoms with van der Waals surface area (Å²) < 4.78 is 45.5. The molecule has 0 radical (unpaired) electrons. The Morgan fingerprint density at radius 3 is 2.55 bits per heavy atom. The molecule has 5 rings (SSSR count). The molecule has 172 valence electrons. The predicted molar refractivity (Wildman–Crippen MR) is 124 cm³/mol. The molecule has 1 aliphatic carbocycles. The van der Waals surface area contributed by atoms with E-state index in [0.717, 1.165) is 11.6 Å². The van der Waals surface area contributed by atoms with Crippen molar-refractivity contribution in [1.29, 1.82) is 0 Å². The Kier molecular flexibility index (Phi) is 5.33. The van der Waals surface area contributed by atoms with Crippen LogP contribution >= 0.6 is 0 Å². The van der Waals surface area contributed by atoms with Crippen LogP contribution in [0.15, 0.2) is 59.5 Å². The van der Waals surface area contributed by atoms with Gasteiger partial charge in [0.15, 0.2) is 15.7 Å². The summed E-state index contributed by atoms with van der Waals surface area (Å²) in [6.07, 6.45) is 0.838. The van der Waals surface area contributed by atoms with Crippen LogP contribution in [0.5, 0.6) is 0 Å². The molecular weight excluding hydrogens is 443 g/mol. The van der Waals surface area contributed by atoms with Gasteiger partial charge >= 0.3 is 0 Å². The van der Waals surface area contributed by atoms with E-state index in [2.05, 4.69) is 4.90 Å². The first kappa shape index (κ1) is 21.8. The van der Waals surface area contributed by atoms with Gasteiger partial charge in [-0.1, -0.05) is 6.07 Å². The Bertz CT molecular complexity index is 1290. The summed E-state index contributed by atoms with van der Waals surface area (Å²) in [5, 5.41) is 0. The third-order valence-corrected chi connectivity index (χ3v) is 8.86. The third-order valence-electron chi connectivity index (χ3n) is 6.34. The van der Waals surface area contributed by atoms with Crippen LogP contribution in [0.3, 0.4) is 0 Å². The number of nitrogens with two attached hydrogens (primary N) is 1. The molecule has 0 bridgehead atoms. The fraction of sp³-hybridized carbons (Fsp3) is 0.333. The first-order valence-corrected chi connectivity index (χ1v) is 12.4. The van der Waals surface area contributed by atoms with Gasteiger partial charge in [-0.3, -0.25) is 0 Å². The number of hydrogen-bond acceptors (Lipinski definition) is 7. The fourth-order valence-corrected chi connectivity index (χ4v) is 6.28. The van der Waals surface area contributed by atoms with Crippen molar-refractivity contribution in [2.45, 2.75) is 35.4 Å². The fourth-order valence-electron chi connectivity index (χ4n) is 4.28. The highest BCUT2D eigenvalue weighted by Crippen LogP contribution is 2.55. The zero-order chi connectivity index (χ0) is 23.2. The van der Waals surface area contributed by atoms with Crippen LogP contribution in [0.2, 0.25) is 0 Å². The van der Waals surface area contributed by atoms with Crippen molar-refractivity contribution < 1.29 is 17.5 Å². The molecule has 33 heavy (non-hydrogen) atoms. The van der Waals surface area contributed by atoms with E-state index in [1.54, 1.807) is 18.2 Å². The van der Waals surface area contributed by atoms with Crippen molar-refractivity contribution in [3.63, 3.8) is 0 Å². The summed E-state index contributed by atoms with van der Waals surface area (Å²) in [6.45, 7) is 3.81. The van der Waals surface area contributed by atoms with Crippen molar-refractivity contribution >= 4 is 21.3 Å².